The maximum absolute atomic E-state index is 12.0. The van der Waals surface area contributed by atoms with Crippen molar-refractivity contribution in [3.8, 4) is 5.75 Å². The zero-order valence-corrected chi connectivity index (χ0v) is 12.0. The summed E-state index contributed by atoms with van der Waals surface area (Å²) in [5, 5.41) is 0. The van der Waals surface area contributed by atoms with Crippen LogP contribution in [0.3, 0.4) is 0 Å². The summed E-state index contributed by atoms with van der Waals surface area (Å²) in [5.74, 6) is 0.898. The Balaban J connectivity index is 2.69. The maximum Gasteiger partial charge on any atom is 0.214 e. The quantitative estimate of drug-likeness (QED) is 0.761. The van der Waals surface area contributed by atoms with Crippen LogP contribution in [0.2, 0.25) is 0 Å². The number of rotatable bonds is 7. The first-order chi connectivity index (χ1) is 8.53. The van der Waals surface area contributed by atoms with Crippen molar-refractivity contribution in [3.05, 3.63) is 29.8 Å². The molecule has 0 N–H and O–H groups in total. The Kier molecular flexibility index (Phi) is 5.62. The number of nitrogens with zero attached hydrogens (tertiary/aromatic N) is 1. The van der Waals surface area contributed by atoms with Gasteiger partial charge in [-0.3, -0.25) is 0 Å². The molecule has 18 heavy (non-hydrogen) atoms. The zero-order valence-electron chi connectivity index (χ0n) is 11.2. The van der Waals surface area contributed by atoms with E-state index in [1.54, 1.807) is 7.11 Å². The summed E-state index contributed by atoms with van der Waals surface area (Å²) >= 11 is 0. The molecule has 0 unspecified atom stereocenters. The Morgan fingerprint density at radius 2 is 1.89 bits per heavy atom. The fourth-order valence-corrected chi connectivity index (χ4v) is 3.36. The predicted molar refractivity (Wildman–Crippen MR) is 73.4 cm³/mol. The molecule has 0 radical (unpaired) electrons. The van der Waals surface area contributed by atoms with E-state index >= 15 is 0 Å². The minimum atomic E-state index is -3.15. The first-order valence-corrected chi connectivity index (χ1v) is 7.75. The summed E-state index contributed by atoms with van der Waals surface area (Å²) in [6.07, 6.45) is 0.510. The molecule has 4 nitrogen and oxygen atoms in total. The summed E-state index contributed by atoms with van der Waals surface area (Å²) in [5.41, 5.74) is 0.977. The molecule has 1 rings (SSSR count). The second kappa shape index (κ2) is 6.75. The Morgan fingerprint density at radius 3 is 2.44 bits per heavy atom. The lowest BCUT2D eigenvalue weighted by molar-refractivity contribution is 0.414. The van der Waals surface area contributed by atoms with Crippen LogP contribution in [0.1, 0.15) is 19.4 Å². The highest BCUT2D eigenvalue weighted by Crippen LogP contribution is 2.14. The molecule has 0 heterocycles. The van der Waals surface area contributed by atoms with E-state index in [4.69, 9.17) is 4.74 Å². The molecule has 0 bridgehead atoms. The number of sulfonamides is 1. The number of aryl methyl sites for hydroxylation is 1. The Hall–Kier alpha value is -1.07. The van der Waals surface area contributed by atoms with Crippen molar-refractivity contribution < 1.29 is 13.2 Å². The van der Waals surface area contributed by atoms with Crippen molar-refractivity contribution in [1.29, 1.82) is 0 Å². The monoisotopic (exact) mass is 271 g/mol. The van der Waals surface area contributed by atoms with Crippen LogP contribution in [0.25, 0.3) is 0 Å². The van der Waals surface area contributed by atoms with Crippen LogP contribution in [-0.2, 0) is 16.4 Å². The van der Waals surface area contributed by atoms with Gasteiger partial charge in [-0.2, -0.15) is 0 Å². The highest BCUT2D eigenvalue weighted by Gasteiger charge is 2.18. The highest BCUT2D eigenvalue weighted by molar-refractivity contribution is 7.89. The van der Waals surface area contributed by atoms with Crippen molar-refractivity contribution in [3.63, 3.8) is 0 Å². The summed E-state index contributed by atoms with van der Waals surface area (Å²) in [7, 11) is -1.54. The van der Waals surface area contributed by atoms with Gasteiger partial charge in [0.2, 0.25) is 10.0 Å². The van der Waals surface area contributed by atoms with E-state index in [1.165, 1.54) is 4.31 Å². The molecule has 0 atom stereocenters. The smallest absolute Gasteiger partial charge is 0.214 e. The molecule has 0 saturated carbocycles. The lowest BCUT2D eigenvalue weighted by atomic mass is 10.2. The lowest BCUT2D eigenvalue weighted by Crippen LogP contribution is -2.33. The summed E-state index contributed by atoms with van der Waals surface area (Å²) < 4.78 is 30.6. The molecule has 1 aromatic carbocycles. The third kappa shape index (κ3) is 3.99. The van der Waals surface area contributed by atoms with Crippen LogP contribution >= 0.6 is 0 Å². The van der Waals surface area contributed by atoms with E-state index in [9.17, 15) is 8.42 Å². The summed E-state index contributed by atoms with van der Waals surface area (Å²) in [6.45, 7) is 4.76. The molecule has 1 aromatic rings. The number of hydrogen-bond donors (Lipinski definition) is 0. The number of hydrogen-bond acceptors (Lipinski definition) is 3. The van der Waals surface area contributed by atoms with E-state index in [0.29, 0.717) is 19.5 Å². The van der Waals surface area contributed by atoms with Gasteiger partial charge in [0.25, 0.3) is 0 Å². The fraction of sp³-hybridized carbons (Fsp3) is 0.538. The van der Waals surface area contributed by atoms with Crippen molar-refractivity contribution in [2.45, 2.75) is 20.3 Å². The molecular weight excluding hydrogens is 250 g/mol. The predicted octanol–water partition coefficient (Wildman–Crippen LogP) is 1.91. The van der Waals surface area contributed by atoms with Gasteiger partial charge in [-0.05, 0) is 24.1 Å². The van der Waals surface area contributed by atoms with Gasteiger partial charge >= 0.3 is 0 Å². The van der Waals surface area contributed by atoms with Crippen LogP contribution in [0.15, 0.2) is 24.3 Å². The largest absolute Gasteiger partial charge is 0.497 e. The number of ether oxygens (including phenoxy) is 1. The van der Waals surface area contributed by atoms with Crippen LogP contribution in [0.4, 0.5) is 0 Å². The number of benzene rings is 1. The van der Waals surface area contributed by atoms with Crippen LogP contribution in [-0.4, -0.2) is 38.7 Å². The second-order valence-electron chi connectivity index (χ2n) is 4.00. The summed E-state index contributed by atoms with van der Waals surface area (Å²) in [4.78, 5) is 0. The summed E-state index contributed by atoms with van der Waals surface area (Å²) in [6, 6.07) is 7.51. The van der Waals surface area contributed by atoms with Gasteiger partial charge < -0.3 is 4.74 Å². The van der Waals surface area contributed by atoms with Crippen molar-refractivity contribution >= 4 is 10.0 Å². The molecule has 0 saturated heterocycles. The molecule has 0 aliphatic heterocycles. The van der Waals surface area contributed by atoms with Gasteiger partial charge in [-0.25, -0.2) is 12.7 Å². The molecular formula is C13H21NO3S. The van der Waals surface area contributed by atoms with Gasteiger partial charge in [0.05, 0.1) is 12.9 Å². The molecule has 0 spiro atoms. The minimum Gasteiger partial charge on any atom is -0.497 e. The first kappa shape index (κ1) is 15.0. The molecule has 0 fully saturated rings. The molecule has 5 heteroatoms. The second-order valence-corrected chi connectivity index (χ2v) is 6.09. The van der Waals surface area contributed by atoms with Crippen LogP contribution < -0.4 is 4.74 Å². The standard InChI is InChI=1S/C13H21NO3S/c1-4-14(5-2)18(15,16)10-9-12-7-6-8-13(11-12)17-3/h6-8,11H,4-5,9-10H2,1-3H3. The van der Waals surface area contributed by atoms with Gasteiger partial charge in [0, 0.05) is 13.1 Å². The average Bonchev–Trinajstić information content (AvgIpc) is 2.38. The third-order valence-corrected chi connectivity index (χ3v) is 4.90. The van der Waals surface area contributed by atoms with Crippen molar-refractivity contribution in [1.82, 2.24) is 4.31 Å². The third-order valence-electron chi connectivity index (χ3n) is 2.88. The molecule has 0 amide bonds. The lowest BCUT2D eigenvalue weighted by Gasteiger charge is -2.18. The highest BCUT2D eigenvalue weighted by atomic mass is 32.2. The SMILES string of the molecule is CCN(CC)S(=O)(=O)CCc1cccc(OC)c1. The normalized spacial score (nSPS) is 11.8. The topological polar surface area (TPSA) is 46.6 Å². The Morgan fingerprint density at radius 1 is 1.22 bits per heavy atom. The Bertz CT molecular complexity index is 467. The van der Waals surface area contributed by atoms with E-state index in [-0.39, 0.29) is 5.75 Å². The molecule has 0 aliphatic carbocycles. The zero-order chi connectivity index (χ0) is 13.6. The molecule has 0 aliphatic rings. The number of methoxy groups -OCH3 is 1. The average molecular weight is 271 g/mol. The van der Waals surface area contributed by atoms with Gasteiger partial charge in [-0.15, -0.1) is 0 Å². The van der Waals surface area contributed by atoms with E-state index < -0.39 is 10.0 Å². The van der Waals surface area contributed by atoms with E-state index in [2.05, 4.69) is 0 Å². The van der Waals surface area contributed by atoms with Gasteiger partial charge in [0.1, 0.15) is 5.75 Å². The van der Waals surface area contributed by atoms with Crippen LogP contribution in [0.5, 0.6) is 5.75 Å². The van der Waals surface area contributed by atoms with E-state index in [1.807, 2.05) is 38.1 Å². The van der Waals surface area contributed by atoms with Gasteiger partial charge in [-0.1, -0.05) is 26.0 Å². The van der Waals surface area contributed by atoms with E-state index in [0.717, 1.165) is 11.3 Å². The Labute approximate surface area is 110 Å². The fourth-order valence-electron chi connectivity index (χ4n) is 1.82. The van der Waals surface area contributed by atoms with Crippen LogP contribution in [0, 0.1) is 0 Å². The first-order valence-electron chi connectivity index (χ1n) is 6.14. The van der Waals surface area contributed by atoms with Crippen molar-refractivity contribution in [2.24, 2.45) is 0 Å². The van der Waals surface area contributed by atoms with Crippen molar-refractivity contribution in [2.75, 3.05) is 26.0 Å². The maximum atomic E-state index is 12.0. The van der Waals surface area contributed by atoms with Gasteiger partial charge in [0.15, 0.2) is 0 Å². The molecule has 0 aromatic heterocycles. The minimum absolute atomic E-state index is 0.141. The molecule has 102 valence electrons.